The Balaban J connectivity index is 2.09. The molecule has 1 N–H and O–H groups in total. The normalized spacial score (nSPS) is 10.3. The van der Waals surface area contributed by atoms with Gasteiger partial charge in [-0.15, -0.1) is 0 Å². The van der Waals surface area contributed by atoms with E-state index in [1.807, 2.05) is 30.0 Å². The van der Waals surface area contributed by atoms with Crippen LogP contribution in [-0.2, 0) is 4.79 Å². The number of halogens is 1. The second-order valence-electron chi connectivity index (χ2n) is 6.15. The van der Waals surface area contributed by atoms with Crippen molar-refractivity contribution in [3.63, 3.8) is 0 Å². The molecule has 28 heavy (non-hydrogen) atoms. The quantitative estimate of drug-likeness (QED) is 0.645. The monoisotopic (exact) mass is 392 g/mol. The molecule has 2 aromatic rings. The van der Waals surface area contributed by atoms with E-state index in [9.17, 15) is 4.79 Å². The number of hydrogen-bond acceptors (Lipinski definition) is 4. The predicted octanol–water partition coefficient (Wildman–Crippen LogP) is 4.93. The summed E-state index contributed by atoms with van der Waals surface area (Å²) >= 11 is 6.05. The zero-order valence-corrected chi connectivity index (χ0v) is 16.4. The first-order valence-electron chi connectivity index (χ1n) is 8.88. The van der Waals surface area contributed by atoms with E-state index >= 15 is 0 Å². The number of anilines is 2. The second-order valence-corrected chi connectivity index (χ2v) is 6.55. The fourth-order valence-electron chi connectivity index (χ4n) is 2.69. The summed E-state index contributed by atoms with van der Waals surface area (Å²) in [6.07, 6.45) is 4.01. The number of nitrogens with one attached hydrogen (secondary N) is 1. The first-order chi connectivity index (χ1) is 13.5. The van der Waals surface area contributed by atoms with E-state index in [-0.39, 0.29) is 5.91 Å². The van der Waals surface area contributed by atoms with Gasteiger partial charge in [0.1, 0.15) is 0 Å². The summed E-state index contributed by atoms with van der Waals surface area (Å²) in [6, 6.07) is 17.2. The number of hydrogen-bond donors (Lipinski definition) is 1. The third-order valence-corrected chi connectivity index (χ3v) is 4.48. The molecule has 0 aromatic heterocycles. The maximum absolute atomic E-state index is 12.1. The number of para-hydroxylation sites is 1. The molecule has 2 rings (SSSR count). The van der Waals surface area contributed by atoms with Gasteiger partial charge < -0.3 is 10.2 Å². The molecular formula is C22H21ClN4O. The summed E-state index contributed by atoms with van der Waals surface area (Å²) in [6.45, 7) is 3.11. The summed E-state index contributed by atoms with van der Waals surface area (Å²) in [4.78, 5) is 14.2. The lowest BCUT2D eigenvalue weighted by molar-refractivity contribution is -0.111. The van der Waals surface area contributed by atoms with Crippen molar-refractivity contribution >= 4 is 35.0 Å². The van der Waals surface area contributed by atoms with Crippen molar-refractivity contribution in [3.8, 4) is 12.1 Å². The molecule has 0 saturated heterocycles. The van der Waals surface area contributed by atoms with Gasteiger partial charge in [0.05, 0.1) is 35.7 Å². The molecule has 0 aliphatic heterocycles. The lowest BCUT2D eigenvalue weighted by Gasteiger charge is -2.23. The Kier molecular flexibility index (Phi) is 8.09. The van der Waals surface area contributed by atoms with E-state index in [0.29, 0.717) is 36.6 Å². The van der Waals surface area contributed by atoms with Gasteiger partial charge in [0.2, 0.25) is 5.91 Å². The van der Waals surface area contributed by atoms with Gasteiger partial charge in [-0.25, -0.2) is 0 Å². The highest BCUT2D eigenvalue weighted by Gasteiger charge is 2.08. The highest BCUT2D eigenvalue weighted by Crippen LogP contribution is 2.22. The smallest absolute Gasteiger partial charge is 0.248 e. The Morgan fingerprint density at radius 2 is 1.82 bits per heavy atom. The summed E-state index contributed by atoms with van der Waals surface area (Å²) < 4.78 is 0. The number of nitriles is 2. The van der Waals surface area contributed by atoms with Crippen molar-refractivity contribution in [3.05, 3.63) is 64.7 Å². The summed E-state index contributed by atoms with van der Waals surface area (Å²) in [5.74, 6) is -0.263. The van der Waals surface area contributed by atoms with E-state index in [0.717, 1.165) is 16.8 Å². The summed E-state index contributed by atoms with van der Waals surface area (Å²) in [5, 5.41) is 20.9. The minimum Gasteiger partial charge on any atom is -0.369 e. The third kappa shape index (κ3) is 6.16. The number of carbonyl (C=O) groups excluding carboxylic acids is 1. The number of nitrogens with zero attached hydrogens (tertiary/aromatic N) is 3. The molecule has 5 nitrogen and oxygen atoms in total. The van der Waals surface area contributed by atoms with Crippen LogP contribution in [0.4, 0.5) is 11.4 Å². The molecule has 0 unspecified atom stereocenters. The fourth-order valence-corrected chi connectivity index (χ4v) is 2.87. The average Bonchev–Trinajstić information content (AvgIpc) is 2.69. The molecular weight excluding hydrogens is 372 g/mol. The zero-order chi connectivity index (χ0) is 20.4. The van der Waals surface area contributed by atoms with E-state index in [4.69, 9.17) is 22.1 Å². The summed E-state index contributed by atoms with van der Waals surface area (Å²) in [5.41, 5.74) is 3.44. The summed E-state index contributed by atoms with van der Waals surface area (Å²) in [7, 11) is 0. The van der Waals surface area contributed by atoms with Crippen LogP contribution in [0.5, 0.6) is 0 Å². The van der Waals surface area contributed by atoms with Crippen molar-refractivity contribution in [1.29, 1.82) is 10.5 Å². The number of benzene rings is 2. The second kappa shape index (κ2) is 10.8. The fraction of sp³-hybridized carbons (Fsp3) is 0.227. The van der Waals surface area contributed by atoms with Crippen molar-refractivity contribution in [2.75, 3.05) is 23.3 Å². The molecule has 0 aliphatic rings. The van der Waals surface area contributed by atoms with Crippen LogP contribution in [0.2, 0.25) is 5.02 Å². The number of amides is 1. The van der Waals surface area contributed by atoms with Gasteiger partial charge in [0.15, 0.2) is 0 Å². The van der Waals surface area contributed by atoms with Gasteiger partial charge in [-0.05, 0) is 48.4 Å². The van der Waals surface area contributed by atoms with Crippen LogP contribution in [0.15, 0.2) is 48.5 Å². The Hall–Kier alpha value is -3.28. The minimum atomic E-state index is -0.263. The topological polar surface area (TPSA) is 79.9 Å². The van der Waals surface area contributed by atoms with Crippen molar-refractivity contribution < 1.29 is 4.79 Å². The van der Waals surface area contributed by atoms with Crippen LogP contribution in [0.1, 0.15) is 24.0 Å². The molecule has 0 saturated carbocycles. The van der Waals surface area contributed by atoms with Crippen LogP contribution in [-0.4, -0.2) is 19.0 Å². The molecule has 0 atom stereocenters. The minimum absolute atomic E-state index is 0.263. The van der Waals surface area contributed by atoms with E-state index in [1.165, 1.54) is 6.08 Å². The highest BCUT2D eigenvalue weighted by molar-refractivity contribution is 6.33. The van der Waals surface area contributed by atoms with Crippen LogP contribution in [0, 0.1) is 29.6 Å². The Bertz CT molecular complexity index is 922. The van der Waals surface area contributed by atoms with Crippen LogP contribution in [0.25, 0.3) is 6.08 Å². The number of carbonyl (C=O) groups is 1. The zero-order valence-electron chi connectivity index (χ0n) is 15.7. The van der Waals surface area contributed by atoms with Gasteiger partial charge in [0.25, 0.3) is 0 Å². The van der Waals surface area contributed by atoms with Gasteiger partial charge in [-0.2, -0.15) is 10.5 Å². The van der Waals surface area contributed by atoms with Crippen LogP contribution >= 0.6 is 11.6 Å². The lowest BCUT2D eigenvalue weighted by atomic mass is 10.1. The molecule has 6 heteroatoms. The van der Waals surface area contributed by atoms with Crippen molar-refractivity contribution in [2.45, 2.75) is 19.8 Å². The molecule has 0 aliphatic carbocycles. The molecule has 1 amide bonds. The molecule has 0 heterocycles. The first-order valence-corrected chi connectivity index (χ1v) is 9.26. The number of aryl methyl sites for hydroxylation is 1. The maximum Gasteiger partial charge on any atom is 0.248 e. The predicted molar refractivity (Wildman–Crippen MR) is 113 cm³/mol. The third-order valence-electron chi connectivity index (χ3n) is 4.15. The van der Waals surface area contributed by atoms with Gasteiger partial charge in [-0.3, -0.25) is 4.79 Å². The molecule has 0 radical (unpaired) electrons. The van der Waals surface area contributed by atoms with Gasteiger partial charge in [0, 0.05) is 24.9 Å². The Morgan fingerprint density at radius 3 is 2.43 bits per heavy atom. The van der Waals surface area contributed by atoms with Gasteiger partial charge >= 0.3 is 0 Å². The highest BCUT2D eigenvalue weighted by atomic mass is 35.5. The molecule has 0 bridgehead atoms. The number of rotatable bonds is 8. The SMILES string of the molecule is Cc1cc(N(CCC#N)CCC#N)ccc1/C=C\C(=O)Nc1ccccc1Cl. The largest absolute Gasteiger partial charge is 0.369 e. The maximum atomic E-state index is 12.1. The Labute approximate surface area is 170 Å². The average molecular weight is 393 g/mol. The Morgan fingerprint density at radius 1 is 1.14 bits per heavy atom. The standard InChI is InChI=1S/C22H21ClN4O/c1-17-16-19(27(14-4-12-24)15-5-13-25)10-8-18(17)9-11-22(28)26-21-7-3-2-6-20(21)23/h2-3,6-11,16H,4-5,14-15H2,1H3,(H,26,28)/b11-9-. The van der Waals surface area contributed by atoms with Crippen molar-refractivity contribution in [2.24, 2.45) is 0 Å². The van der Waals surface area contributed by atoms with Crippen molar-refractivity contribution in [1.82, 2.24) is 0 Å². The van der Waals surface area contributed by atoms with Crippen LogP contribution in [0.3, 0.4) is 0 Å². The van der Waals surface area contributed by atoms with E-state index in [2.05, 4.69) is 17.5 Å². The van der Waals surface area contributed by atoms with E-state index in [1.54, 1.807) is 30.3 Å². The van der Waals surface area contributed by atoms with E-state index < -0.39 is 0 Å². The van der Waals surface area contributed by atoms with Gasteiger partial charge in [-0.1, -0.05) is 29.8 Å². The molecule has 2 aromatic carbocycles. The first kappa shape index (κ1) is 21.0. The molecule has 0 fully saturated rings. The van der Waals surface area contributed by atoms with Crippen LogP contribution < -0.4 is 10.2 Å². The molecule has 0 spiro atoms. The lowest BCUT2D eigenvalue weighted by Crippen LogP contribution is -2.25. The molecule has 142 valence electrons.